The predicted octanol–water partition coefficient (Wildman–Crippen LogP) is 1.62. The topological polar surface area (TPSA) is 98.7 Å². The summed E-state index contributed by atoms with van der Waals surface area (Å²) in [5.74, 6) is 0. The number of benzene rings is 2. The van der Waals surface area contributed by atoms with E-state index in [4.69, 9.17) is 5.11 Å². The molecule has 0 unspecified atom stereocenters. The Morgan fingerprint density at radius 1 is 1.08 bits per heavy atom. The first-order valence-electron chi connectivity index (χ1n) is 7.69. The Labute approximate surface area is 147 Å². The Morgan fingerprint density at radius 2 is 1.72 bits per heavy atom. The van der Waals surface area contributed by atoms with Crippen molar-refractivity contribution in [2.45, 2.75) is 11.4 Å². The molecule has 0 atom stereocenters. The smallest absolute Gasteiger partial charge is 0.319 e. The van der Waals surface area contributed by atoms with Gasteiger partial charge in [-0.15, -0.1) is 0 Å². The molecule has 2 aromatic rings. The molecule has 0 fully saturated rings. The quantitative estimate of drug-likeness (QED) is 0.696. The van der Waals surface area contributed by atoms with Crippen molar-refractivity contribution in [3.63, 3.8) is 0 Å². The Balaban J connectivity index is 1.94. The van der Waals surface area contributed by atoms with E-state index in [-0.39, 0.29) is 24.1 Å². The second-order valence-corrected chi connectivity index (χ2v) is 7.41. The van der Waals surface area contributed by atoms with Gasteiger partial charge in [-0.25, -0.2) is 13.2 Å². The molecule has 0 radical (unpaired) electrons. The van der Waals surface area contributed by atoms with Gasteiger partial charge in [0.05, 0.1) is 11.5 Å². The lowest BCUT2D eigenvalue weighted by Gasteiger charge is -2.16. The van der Waals surface area contributed by atoms with Gasteiger partial charge in [-0.1, -0.05) is 30.3 Å². The van der Waals surface area contributed by atoms with E-state index >= 15 is 0 Å². The van der Waals surface area contributed by atoms with Crippen LogP contribution in [-0.2, 0) is 16.6 Å². The van der Waals surface area contributed by atoms with E-state index in [2.05, 4.69) is 10.6 Å². The van der Waals surface area contributed by atoms with Crippen LogP contribution < -0.4 is 10.6 Å². The highest BCUT2D eigenvalue weighted by Gasteiger charge is 2.19. The normalized spacial score (nSPS) is 11.3. The second-order valence-electron chi connectivity index (χ2n) is 5.37. The summed E-state index contributed by atoms with van der Waals surface area (Å²) in [6.45, 7) is 0.159. The number of anilines is 1. The zero-order chi connectivity index (χ0) is 18.3. The summed E-state index contributed by atoms with van der Waals surface area (Å²) in [7, 11) is -2.25. The van der Waals surface area contributed by atoms with Crippen molar-refractivity contribution in [1.82, 2.24) is 9.62 Å². The van der Waals surface area contributed by atoms with Crippen LogP contribution in [-0.4, -0.2) is 44.1 Å². The lowest BCUT2D eigenvalue weighted by atomic mass is 10.2. The van der Waals surface area contributed by atoms with Crippen molar-refractivity contribution in [2.24, 2.45) is 0 Å². The van der Waals surface area contributed by atoms with Gasteiger partial charge in [0.2, 0.25) is 10.0 Å². The molecule has 8 heteroatoms. The van der Waals surface area contributed by atoms with Crippen molar-refractivity contribution >= 4 is 21.7 Å². The van der Waals surface area contributed by atoms with Gasteiger partial charge >= 0.3 is 6.03 Å². The van der Waals surface area contributed by atoms with E-state index in [1.54, 1.807) is 0 Å². The molecule has 0 aliphatic rings. The van der Waals surface area contributed by atoms with Crippen LogP contribution in [0.15, 0.2) is 59.5 Å². The Bertz CT molecular complexity index is 792. The van der Waals surface area contributed by atoms with E-state index in [0.29, 0.717) is 12.2 Å². The highest BCUT2D eigenvalue weighted by molar-refractivity contribution is 7.89. The predicted molar refractivity (Wildman–Crippen MR) is 95.6 cm³/mol. The molecule has 3 N–H and O–H groups in total. The molecule has 0 spiro atoms. The molecule has 134 valence electrons. The lowest BCUT2D eigenvalue weighted by Crippen LogP contribution is -2.30. The molecule has 0 saturated heterocycles. The number of sulfonamides is 1. The first-order chi connectivity index (χ1) is 11.9. The van der Waals surface area contributed by atoms with E-state index < -0.39 is 10.0 Å². The van der Waals surface area contributed by atoms with Crippen molar-refractivity contribution in [3.8, 4) is 0 Å². The summed E-state index contributed by atoms with van der Waals surface area (Å²) in [4.78, 5) is 12.0. The molecule has 0 bridgehead atoms. The van der Waals surface area contributed by atoms with Gasteiger partial charge in [0, 0.05) is 25.8 Å². The summed E-state index contributed by atoms with van der Waals surface area (Å²) < 4.78 is 25.5. The monoisotopic (exact) mass is 363 g/mol. The standard InChI is InChI=1S/C17H21N3O4S/c1-20(11-12-21)25(23,24)16-9-7-15(8-10-16)19-17(22)18-13-14-5-3-2-4-6-14/h2-10,21H,11-13H2,1H3,(H2,18,19,22). The minimum absolute atomic E-state index is 0.0181. The Morgan fingerprint density at radius 3 is 2.32 bits per heavy atom. The number of hydrogen-bond donors (Lipinski definition) is 3. The average molecular weight is 363 g/mol. The van der Waals surface area contributed by atoms with Crippen LogP contribution in [0.25, 0.3) is 0 Å². The van der Waals surface area contributed by atoms with Crippen LogP contribution in [0, 0.1) is 0 Å². The zero-order valence-corrected chi connectivity index (χ0v) is 14.7. The zero-order valence-electron chi connectivity index (χ0n) is 13.8. The van der Waals surface area contributed by atoms with Crippen molar-refractivity contribution in [2.75, 3.05) is 25.5 Å². The number of aliphatic hydroxyl groups excluding tert-OH is 1. The minimum atomic E-state index is -3.65. The van der Waals surface area contributed by atoms with Gasteiger partial charge in [0.1, 0.15) is 0 Å². The number of likely N-dealkylation sites (N-methyl/N-ethyl adjacent to an activating group) is 1. The largest absolute Gasteiger partial charge is 0.395 e. The number of carbonyl (C=O) groups excluding carboxylic acids is 1. The van der Waals surface area contributed by atoms with Crippen molar-refractivity contribution in [3.05, 3.63) is 60.2 Å². The van der Waals surface area contributed by atoms with Gasteiger partial charge in [0.15, 0.2) is 0 Å². The SMILES string of the molecule is CN(CCO)S(=O)(=O)c1ccc(NC(=O)NCc2ccccc2)cc1. The minimum Gasteiger partial charge on any atom is -0.395 e. The fraction of sp³-hybridized carbons (Fsp3) is 0.235. The maximum Gasteiger partial charge on any atom is 0.319 e. The third kappa shape index (κ3) is 5.28. The van der Waals surface area contributed by atoms with Gasteiger partial charge in [-0.05, 0) is 29.8 Å². The number of urea groups is 1. The molecular formula is C17H21N3O4S. The number of carbonyl (C=O) groups is 1. The summed E-state index contributed by atoms with van der Waals surface area (Å²) in [5, 5.41) is 14.2. The lowest BCUT2D eigenvalue weighted by molar-refractivity contribution is 0.251. The van der Waals surface area contributed by atoms with Gasteiger partial charge in [-0.2, -0.15) is 4.31 Å². The third-order valence-corrected chi connectivity index (χ3v) is 5.40. The van der Waals surface area contributed by atoms with E-state index in [1.807, 2.05) is 30.3 Å². The van der Waals surface area contributed by atoms with Crippen LogP contribution in [0.5, 0.6) is 0 Å². The molecule has 0 saturated carbocycles. The van der Waals surface area contributed by atoms with E-state index in [9.17, 15) is 13.2 Å². The maximum atomic E-state index is 12.2. The summed E-state index contributed by atoms with van der Waals surface area (Å²) in [6.07, 6.45) is 0. The van der Waals surface area contributed by atoms with Gasteiger partial charge < -0.3 is 15.7 Å². The average Bonchev–Trinajstić information content (AvgIpc) is 2.61. The molecule has 0 aromatic heterocycles. The number of nitrogens with zero attached hydrogens (tertiary/aromatic N) is 1. The maximum absolute atomic E-state index is 12.2. The molecule has 25 heavy (non-hydrogen) atoms. The summed E-state index contributed by atoms with van der Waals surface area (Å²) >= 11 is 0. The van der Waals surface area contributed by atoms with E-state index in [1.165, 1.54) is 31.3 Å². The molecule has 2 rings (SSSR count). The second kappa shape index (κ2) is 8.61. The van der Waals surface area contributed by atoms with Crippen LogP contribution in [0.1, 0.15) is 5.56 Å². The first-order valence-corrected chi connectivity index (χ1v) is 9.13. The molecule has 0 heterocycles. The van der Waals surface area contributed by atoms with Crippen molar-refractivity contribution in [1.29, 1.82) is 0 Å². The molecule has 0 aliphatic heterocycles. The number of nitrogens with one attached hydrogen (secondary N) is 2. The number of rotatable bonds is 7. The highest BCUT2D eigenvalue weighted by Crippen LogP contribution is 2.17. The van der Waals surface area contributed by atoms with Crippen LogP contribution in [0.2, 0.25) is 0 Å². The Hall–Kier alpha value is -2.42. The fourth-order valence-corrected chi connectivity index (χ4v) is 3.27. The van der Waals surface area contributed by atoms with Gasteiger partial charge in [0.25, 0.3) is 0 Å². The molecular weight excluding hydrogens is 342 g/mol. The number of amides is 2. The third-order valence-electron chi connectivity index (χ3n) is 3.53. The molecule has 2 aromatic carbocycles. The summed E-state index contributed by atoms with van der Waals surface area (Å²) in [6, 6.07) is 15.0. The number of hydrogen-bond acceptors (Lipinski definition) is 4. The highest BCUT2D eigenvalue weighted by atomic mass is 32.2. The molecule has 2 amide bonds. The van der Waals surface area contributed by atoms with Crippen LogP contribution in [0.4, 0.5) is 10.5 Å². The summed E-state index contributed by atoms with van der Waals surface area (Å²) in [5.41, 5.74) is 1.46. The molecule has 0 aliphatic carbocycles. The van der Waals surface area contributed by atoms with Gasteiger partial charge in [-0.3, -0.25) is 0 Å². The Kier molecular flexibility index (Phi) is 6.51. The first kappa shape index (κ1) is 18.9. The van der Waals surface area contributed by atoms with Crippen molar-refractivity contribution < 1.29 is 18.3 Å². The molecule has 7 nitrogen and oxygen atoms in total. The van der Waals surface area contributed by atoms with Crippen LogP contribution in [0.3, 0.4) is 0 Å². The number of aliphatic hydroxyl groups is 1. The van der Waals surface area contributed by atoms with E-state index in [0.717, 1.165) is 9.87 Å². The van der Waals surface area contributed by atoms with Crippen LogP contribution >= 0.6 is 0 Å². The fourth-order valence-electron chi connectivity index (χ4n) is 2.10.